The minimum absolute atomic E-state index is 0.0350. The van der Waals surface area contributed by atoms with Crippen LogP contribution in [0, 0.1) is 12.8 Å². The summed E-state index contributed by atoms with van der Waals surface area (Å²) in [6, 6.07) is 3.47. The third kappa shape index (κ3) is 5.65. The molecule has 2 aliphatic heterocycles. The number of aromatic nitrogens is 1. The molecule has 2 fully saturated rings. The van der Waals surface area contributed by atoms with Gasteiger partial charge in [0.15, 0.2) is 11.7 Å². The second kappa shape index (κ2) is 10.3. The van der Waals surface area contributed by atoms with Gasteiger partial charge in [-0.25, -0.2) is 4.98 Å². The van der Waals surface area contributed by atoms with Crippen molar-refractivity contribution < 1.29 is 9.21 Å². The fourth-order valence-electron chi connectivity index (χ4n) is 4.30. The van der Waals surface area contributed by atoms with E-state index in [2.05, 4.69) is 37.4 Å². The van der Waals surface area contributed by atoms with Gasteiger partial charge in [-0.05, 0) is 50.9 Å². The lowest BCUT2D eigenvalue weighted by atomic mass is 9.97. The van der Waals surface area contributed by atoms with Crippen molar-refractivity contribution in [3.8, 4) is 0 Å². The zero-order chi connectivity index (χ0) is 21.6. The van der Waals surface area contributed by atoms with Crippen LogP contribution in [0.4, 0.5) is 0 Å². The molecule has 2 aromatic rings. The summed E-state index contributed by atoms with van der Waals surface area (Å²) in [4.78, 5) is 28.1. The number of nitrogens with zero attached hydrogens (tertiary/aromatic N) is 5. The molecule has 0 aliphatic carbocycles. The van der Waals surface area contributed by atoms with E-state index in [-0.39, 0.29) is 5.91 Å². The number of hydrogen-bond donors (Lipinski definition) is 1. The molecule has 4 heterocycles. The summed E-state index contributed by atoms with van der Waals surface area (Å²) in [6.45, 7) is 9.12. The number of hydrogen-bond acceptors (Lipinski definition) is 6. The molecule has 2 saturated heterocycles. The Bertz CT molecular complexity index is 864. The minimum Gasteiger partial charge on any atom is -0.459 e. The average Bonchev–Trinajstić information content (AvgIpc) is 3.47. The SMILES string of the molecule is CN=C(NCC1CCN(Cc2csc(C)n2)CC1)N1CCN(C(=O)c2ccco2)CC1. The number of piperidine rings is 1. The number of furan rings is 1. The van der Waals surface area contributed by atoms with Gasteiger partial charge in [-0.3, -0.25) is 14.7 Å². The van der Waals surface area contributed by atoms with E-state index in [0.29, 0.717) is 24.8 Å². The molecule has 2 aromatic heterocycles. The number of nitrogens with one attached hydrogen (secondary N) is 1. The number of amides is 1. The number of thiazole rings is 1. The van der Waals surface area contributed by atoms with Crippen LogP contribution in [0.15, 0.2) is 33.2 Å². The van der Waals surface area contributed by atoms with Crippen LogP contribution in [0.5, 0.6) is 0 Å². The fourth-order valence-corrected chi connectivity index (χ4v) is 4.91. The fraction of sp³-hybridized carbons (Fsp3) is 0.591. The van der Waals surface area contributed by atoms with Crippen molar-refractivity contribution in [1.29, 1.82) is 0 Å². The third-order valence-electron chi connectivity index (χ3n) is 6.12. The second-order valence-electron chi connectivity index (χ2n) is 8.26. The van der Waals surface area contributed by atoms with Gasteiger partial charge in [-0.15, -0.1) is 11.3 Å². The largest absolute Gasteiger partial charge is 0.459 e. The van der Waals surface area contributed by atoms with Gasteiger partial charge >= 0.3 is 0 Å². The number of guanidine groups is 1. The number of aliphatic imine (C=N–C) groups is 1. The summed E-state index contributed by atoms with van der Waals surface area (Å²) in [5.74, 6) is 1.97. The molecule has 0 atom stereocenters. The first kappa shape index (κ1) is 21.8. The van der Waals surface area contributed by atoms with Gasteiger partial charge in [0.05, 0.1) is 17.0 Å². The Morgan fingerprint density at radius 3 is 2.58 bits per heavy atom. The van der Waals surface area contributed by atoms with E-state index in [9.17, 15) is 4.79 Å². The molecular weight excluding hydrogens is 412 g/mol. The lowest BCUT2D eigenvalue weighted by Gasteiger charge is -2.37. The van der Waals surface area contributed by atoms with Crippen LogP contribution in [0.25, 0.3) is 0 Å². The number of rotatable bonds is 5. The van der Waals surface area contributed by atoms with E-state index in [0.717, 1.165) is 50.2 Å². The van der Waals surface area contributed by atoms with E-state index in [1.165, 1.54) is 18.5 Å². The Labute approximate surface area is 187 Å². The Hall–Kier alpha value is -2.39. The van der Waals surface area contributed by atoms with E-state index in [1.807, 2.05) is 11.9 Å². The maximum atomic E-state index is 12.4. The van der Waals surface area contributed by atoms with Gasteiger partial charge in [-0.1, -0.05) is 0 Å². The van der Waals surface area contributed by atoms with E-state index < -0.39 is 0 Å². The third-order valence-corrected chi connectivity index (χ3v) is 6.94. The molecular formula is C22H32N6O2S. The van der Waals surface area contributed by atoms with Crippen LogP contribution in [0.2, 0.25) is 0 Å². The lowest BCUT2D eigenvalue weighted by molar-refractivity contribution is 0.0657. The van der Waals surface area contributed by atoms with Crippen molar-refractivity contribution in [2.24, 2.45) is 10.9 Å². The van der Waals surface area contributed by atoms with E-state index >= 15 is 0 Å². The van der Waals surface area contributed by atoms with Crippen molar-refractivity contribution in [1.82, 2.24) is 25.0 Å². The molecule has 0 unspecified atom stereocenters. The first-order valence-corrected chi connectivity index (χ1v) is 11.9. The summed E-state index contributed by atoms with van der Waals surface area (Å²) in [6.07, 6.45) is 3.93. The highest BCUT2D eigenvalue weighted by molar-refractivity contribution is 7.09. The molecule has 0 bridgehead atoms. The number of likely N-dealkylation sites (tertiary alicyclic amines) is 1. The highest BCUT2D eigenvalue weighted by atomic mass is 32.1. The molecule has 8 nitrogen and oxygen atoms in total. The first-order valence-electron chi connectivity index (χ1n) is 11.0. The number of aryl methyl sites for hydroxylation is 1. The monoisotopic (exact) mass is 444 g/mol. The molecule has 2 aliphatic rings. The van der Waals surface area contributed by atoms with Crippen molar-refractivity contribution in [2.75, 3.05) is 52.9 Å². The van der Waals surface area contributed by atoms with E-state index in [4.69, 9.17) is 4.42 Å². The minimum atomic E-state index is -0.0350. The Kier molecular flexibility index (Phi) is 7.24. The summed E-state index contributed by atoms with van der Waals surface area (Å²) in [5, 5.41) is 6.89. The quantitative estimate of drug-likeness (QED) is 0.563. The second-order valence-corrected chi connectivity index (χ2v) is 9.32. The van der Waals surface area contributed by atoms with Crippen LogP contribution in [0.1, 0.15) is 34.1 Å². The summed E-state index contributed by atoms with van der Waals surface area (Å²) in [5.41, 5.74) is 1.20. The van der Waals surface area contributed by atoms with Gasteiger partial charge in [0, 0.05) is 51.7 Å². The zero-order valence-electron chi connectivity index (χ0n) is 18.4. The molecule has 1 amide bonds. The normalized spacial score (nSPS) is 19.1. The summed E-state index contributed by atoms with van der Waals surface area (Å²) >= 11 is 1.73. The Balaban J connectivity index is 1.18. The number of carbonyl (C=O) groups excluding carboxylic acids is 1. The molecule has 31 heavy (non-hydrogen) atoms. The van der Waals surface area contributed by atoms with Crippen molar-refractivity contribution in [2.45, 2.75) is 26.3 Å². The zero-order valence-corrected chi connectivity index (χ0v) is 19.2. The molecule has 0 saturated carbocycles. The van der Waals surface area contributed by atoms with Gasteiger partial charge in [-0.2, -0.15) is 0 Å². The van der Waals surface area contributed by atoms with E-state index in [1.54, 1.807) is 29.7 Å². The maximum absolute atomic E-state index is 12.4. The predicted molar refractivity (Wildman–Crippen MR) is 122 cm³/mol. The summed E-state index contributed by atoms with van der Waals surface area (Å²) < 4.78 is 5.24. The number of piperazine rings is 1. The van der Waals surface area contributed by atoms with Crippen molar-refractivity contribution in [3.63, 3.8) is 0 Å². The molecule has 168 valence electrons. The smallest absolute Gasteiger partial charge is 0.289 e. The maximum Gasteiger partial charge on any atom is 0.289 e. The van der Waals surface area contributed by atoms with Gasteiger partial charge in [0.25, 0.3) is 5.91 Å². The Morgan fingerprint density at radius 1 is 1.23 bits per heavy atom. The molecule has 0 spiro atoms. The van der Waals surface area contributed by atoms with Crippen LogP contribution in [-0.2, 0) is 6.54 Å². The highest BCUT2D eigenvalue weighted by Crippen LogP contribution is 2.19. The standard InChI is InChI=1S/C22H32N6O2S/c1-17-25-19(16-31-17)15-26-7-5-18(6-8-26)14-24-22(23-2)28-11-9-27(10-12-28)21(29)20-4-3-13-30-20/h3-4,13,16,18H,5-12,14-15H2,1-2H3,(H,23,24). The molecule has 0 aromatic carbocycles. The Morgan fingerprint density at radius 2 is 1.97 bits per heavy atom. The molecule has 0 radical (unpaired) electrons. The van der Waals surface area contributed by atoms with Crippen LogP contribution < -0.4 is 5.32 Å². The predicted octanol–water partition coefficient (Wildman–Crippen LogP) is 2.29. The molecule has 9 heteroatoms. The average molecular weight is 445 g/mol. The lowest BCUT2D eigenvalue weighted by Crippen LogP contribution is -2.54. The van der Waals surface area contributed by atoms with Crippen LogP contribution >= 0.6 is 11.3 Å². The molecule has 1 N–H and O–H groups in total. The topological polar surface area (TPSA) is 77.2 Å². The van der Waals surface area contributed by atoms with Gasteiger partial charge < -0.3 is 19.5 Å². The summed E-state index contributed by atoms with van der Waals surface area (Å²) in [7, 11) is 1.83. The van der Waals surface area contributed by atoms with Crippen molar-refractivity contribution in [3.05, 3.63) is 40.2 Å². The van der Waals surface area contributed by atoms with Crippen LogP contribution in [-0.4, -0.2) is 84.4 Å². The highest BCUT2D eigenvalue weighted by Gasteiger charge is 2.26. The van der Waals surface area contributed by atoms with Crippen LogP contribution in [0.3, 0.4) is 0 Å². The first-order chi connectivity index (χ1) is 15.1. The molecule has 4 rings (SSSR count). The number of carbonyl (C=O) groups is 1. The van der Waals surface area contributed by atoms with Gasteiger partial charge in [0.2, 0.25) is 0 Å². The van der Waals surface area contributed by atoms with Crippen molar-refractivity contribution >= 4 is 23.2 Å². The van der Waals surface area contributed by atoms with Gasteiger partial charge in [0.1, 0.15) is 0 Å².